The second-order valence-electron chi connectivity index (χ2n) is 4.90. The Morgan fingerprint density at radius 1 is 1.04 bits per heavy atom. The largest absolute Gasteiger partial charge is 0.479 e. The van der Waals surface area contributed by atoms with Crippen LogP contribution in [0.15, 0.2) is 12.1 Å². The van der Waals surface area contributed by atoms with E-state index in [0.717, 1.165) is 0 Å². The number of carbonyl (C=O) groups is 1. The number of hydrogen-bond acceptors (Lipinski definition) is 8. The quantitative estimate of drug-likeness (QED) is 0.357. The Labute approximate surface area is 156 Å². The van der Waals surface area contributed by atoms with Crippen molar-refractivity contribution >= 4 is 17.6 Å². The molecular weight excluding hydrogens is 372 g/mol. The summed E-state index contributed by atoms with van der Waals surface area (Å²) in [7, 11) is 3.08. The van der Waals surface area contributed by atoms with E-state index in [1.807, 2.05) is 0 Å². The van der Waals surface area contributed by atoms with Gasteiger partial charge >= 0.3 is 5.97 Å². The molecule has 2 N–H and O–H groups in total. The van der Waals surface area contributed by atoms with Gasteiger partial charge in [-0.15, -0.1) is 0 Å². The molecular formula is C16H23ClO9. The molecule has 1 aromatic rings. The van der Waals surface area contributed by atoms with E-state index in [0.29, 0.717) is 26.4 Å². The molecule has 0 saturated carbocycles. The molecule has 0 aliphatic rings. The number of halogens is 1. The van der Waals surface area contributed by atoms with E-state index in [9.17, 15) is 9.90 Å². The highest BCUT2D eigenvalue weighted by Crippen LogP contribution is 2.38. The summed E-state index contributed by atoms with van der Waals surface area (Å²) in [5, 5.41) is 18.7. The fraction of sp³-hybridized carbons (Fsp3) is 0.562. The number of benzene rings is 1. The van der Waals surface area contributed by atoms with Crippen LogP contribution < -0.4 is 9.47 Å². The first-order chi connectivity index (χ1) is 12.5. The van der Waals surface area contributed by atoms with Gasteiger partial charge in [-0.05, 0) is 17.7 Å². The SMILES string of the molecule is COCCOCOc1cc(C(O)C(=O)O)cc(Cl)c1OCOCCOC. The summed E-state index contributed by atoms with van der Waals surface area (Å²) in [5.41, 5.74) is 0.0436. The minimum absolute atomic E-state index is 0.0436. The molecule has 0 heterocycles. The minimum Gasteiger partial charge on any atom is -0.479 e. The van der Waals surface area contributed by atoms with Gasteiger partial charge in [0.05, 0.1) is 31.5 Å². The molecule has 0 aromatic heterocycles. The molecule has 0 fully saturated rings. The first-order valence-corrected chi connectivity index (χ1v) is 8.02. The Morgan fingerprint density at radius 3 is 2.15 bits per heavy atom. The summed E-state index contributed by atoms with van der Waals surface area (Å²) in [6.07, 6.45) is -1.75. The van der Waals surface area contributed by atoms with Crippen LogP contribution in [0.2, 0.25) is 5.02 Å². The van der Waals surface area contributed by atoms with Crippen LogP contribution in [0.25, 0.3) is 0 Å². The summed E-state index contributed by atoms with van der Waals surface area (Å²) < 4.78 is 31.0. The summed E-state index contributed by atoms with van der Waals surface area (Å²) in [6.45, 7) is 1.15. The van der Waals surface area contributed by atoms with Crippen molar-refractivity contribution in [1.29, 1.82) is 0 Å². The number of aliphatic carboxylic acids is 1. The summed E-state index contributed by atoms with van der Waals surface area (Å²) in [6, 6.07) is 2.60. The molecule has 26 heavy (non-hydrogen) atoms. The molecule has 9 nitrogen and oxygen atoms in total. The number of rotatable bonds is 14. The molecule has 1 aromatic carbocycles. The van der Waals surface area contributed by atoms with Crippen molar-refractivity contribution in [2.75, 3.05) is 54.2 Å². The lowest BCUT2D eigenvalue weighted by Gasteiger charge is -2.17. The van der Waals surface area contributed by atoms with Gasteiger partial charge < -0.3 is 38.6 Å². The molecule has 0 spiro atoms. The number of hydrogen-bond donors (Lipinski definition) is 2. The standard InChI is InChI=1S/C16H23ClO9/c1-21-3-5-23-9-25-13-8-11(14(18)16(19)20)7-12(17)15(13)26-10-24-6-4-22-2/h7-8,14,18H,3-6,9-10H2,1-2H3,(H,19,20). The van der Waals surface area contributed by atoms with Crippen LogP contribution in [0.4, 0.5) is 0 Å². The third kappa shape index (κ3) is 7.73. The normalized spacial score (nSPS) is 12.0. The number of aliphatic hydroxyl groups is 1. The molecule has 0 aliphatic heterocycles. The van der Waals surface area contributed by atoms with Gasteiger partial charge in [-0.25, -0.2) is 4.79 Å². The van der Waals surface area contributed by atoms with E-state index >= 15 is 0 Å². The molecule has 1 atom stereocenters. The van der Waals surface area contributed by atoms with Gasteiger partial charge in [-0.1, -0.05) is 11.6 Å². The average molecular weight is 395 g/mol. The van der Waals surface area contributed by atoms with Crippen LogP contribution in [0.1, 0.15) is 11.7 Å². The molecule has 0 saturated heterocycles. The maximum atomic E-state index is 11.0. The Hall–Kier alpha value is -1.62. The van der Waals surface area contributed by atoms with E-state index in [-0.39, 0.29) is 35.7 Å². The van der Waals surface area contributed by atoms with Gasteiger partial charge in [-0.2, -0.15) is 0 Å². The van der Waals surface area contributed by atoms with Crippen LogP contribution >= 0.6 is 11.6 Å². The molecule has 1 rings (SSSR count). The molecule has 0 radical (unpaired) electrons. The van der Waals surface area contributed by atoms with Crippen LogP contribution in [0, 0.1) is 0 Å². The number of aliphatic hydroxyl groups excluding tert-OH is 1. The van der Waals surface area contributed by atoms with Gasteiger partial charge in [0.15, 0.2) is 31.2 Å². The fourth-order valence-corrected chi connectivity index (χ4v) is 2.02. The third-order valence-corrected chi connectivity index (χ3v) is 3.31. The van der Waals surface area contributed by atoms with Crippen molar-refractivity contribution in [3.8, 4) is 11.5 Å². The first kappa shape index (κ1) is 22.4. The predicted octanol–water partition coefficient (Wildman–Crippen LogP) is 1.46. The smallest absolute Gasteiger partial charge is 0.337 e. The predicted molar refractivity (Wildman–Crippen MR) is 90.7 cm³/mol. The Kier molecular flexibility index (Phi) is 10.9. The van der Waals surface area contributed by atoms with Crippen LogP contribution in [0.5, 0.6) is 11.5 Å². The molecule has 10 heteroatoms. The van der Waals surface area contributed by atoms with Gasteiger partial charge in [0, 0.05) is 14.2 Å². The van der Waals surface area contributed by atoms with E-state index in [2.05, 4.69) is 0 Å². The third-order valence-electron chi connectivity index (χ3n) is 3.03. The van der Waals surface area contributed by atoms with E-state index in [4.69, 9.17) is 45.1 Å². The van der Waals surface area contributed by atoms with Crippen molar-refractivity contribution in [3.63, 3.8) is 0 Å². The van der Waals surface area contributed by atoms with Gasteiger partial charge in [0.25, 0.3) is 0 Å². The van der Waals surface area contributed by atoms with E-state index in [1.165, 1.54) is 19.2 Å². The summed E-state index contributed by atoms with van der Waals surface area (Å²) >= 11 is 6.14. The highest BCUT2D eigenvalue weighted by atomic mass is 35.5. The van der Waals surface area contributed by atoms with Crippen molar-refractivity contribution in [1.82, 2.24) is 0 Å². The van der Waals surface area contributed by atoms with Crippen molar-refractivity contribution in [2.45, 2.75) is 6.10 Å². The number of carboxylic acid groups (broad SMARTS) is 1. The first-order valence-electron chi connectivity index (χ1n) is 7.64. The Morgan fingerprint density at radius 2 is 1.62 bits per heavy atom. The summed E-state index contributed by atoms with van der Waals surface area (Å²) in [4.78, 5) is 11.0. The maximum absolute atomic E-state index is 11.0. The fourth-order valence-electron chi connectivity index (χ4n) is 1.74. The number of methoxy groups -OCH3 is 2. The summed E-state index contributed by atoms with van der Waals surface area (Å²) in [5.74, 6) is -1.17. The Bertz CT molecular complexity index is 553. The number of carboxylic acids is 1. The van der Waals surface area contributed by atoms with Gasteiger partial charge in [0.1, 0.15) is 0 Å². The van der Waals surface area contributed by atoms with Crippen molar-refractivity contribution in [3.05, 3.63) is 22.7 Å². The Balaban J connectivity index is 2.84. The number of ether oxygens (including phenoxy) is 6. The lowest BCUT2D eigenvalue weighted by Crippen LogP contribution is -2.13. The van der Waals surface area contributed by atoms with Crippen LogP contribution in [-0.2, 0) is 23.7 Å². The van der Waals surface area contributed by atoms with Crippen LogP contribution in [-0.4, -0.2) is 70.4 Å². The lowest BCUT2D eigenvalue weighted by molar-refractivity contribution is -0.146. The monoisotopic (exact) mass is 394 g/mol. The second kappa shape index (κ2) is 12.7. The van der Waals surface area contributed by atoms with E-state index in [1.54, 1.807) is 7.11 Å². The molecule has 148 valence electrons. The van der Waals surface area contributed by atoms with Crippen molar-refractivity contribution < 1.29 is 43.4 Å². The molecule has 0 aliphatic carbocycles. The highest BCUT2D eigenvalue weighted by Gasteiger charge is 2.21. The lowest BCUT2D eigenvalue weighted by atomic mass is 10.1. The zero-order valence-electron chi connectivity index (χ0n) is 14.6. The highest BCUT2D eigenvalue weighted by molar-refractivity contribution is 6.32. The topological polar surface area (TPSA) is 113 Å². The second-order valence-corrected chi connectivity index (χ2v) is 5.30. The molecule has 1 unspecified atom stereocenters. The molecule has 0 amide bonds. The zero-order chi connectivity index (χ0) is 19.4. The van der Waals surface area contributed by atoms with Crippen LogP contribution in [0.3, 0.4) is 0 Å². The van der Waals surface area contributed by atoms with Gasteiger partial charge in [0.2, 0.25) is 0 Å². The van der Waals surface area contributed by atoms with E-state index < -0.39 is 12.1 Å². The molecule has 0 bridgehead atoms. The van der Waals surface area contributed by atoms with Crippen molar-refractivity contribution in [2.24, 2.45) is 0 Å². The average Bonchev–Trinajstić information content (AvgIpc) is 2.62. The van der Waals surface area contributed by atoms with Gasteiger partial charge in [-0.3, -0.25) is 0 Å². The maximum Gasteiger partial charge on any atom is 0.337 e. The minimum atomic E-state index is -1.75. The zero-order valence-corrected chi connectivity index (χ0v) is 15.4.